The van der Waals surface area contributed by atoms with Crippen LogP contribution in [0.15, 0.2) is 18.2 Å². The van der Waals surface area contributed by atoms with Crippen LogP contribution in [0.5, 0.6) is 5.75 Å². The van der Waals surface area contributed by atoms with Gasteiger partial charge in [-0.3, -0.25) is 4.98 Å². The minimum absolute atomic E-state index is 0.148. The van der Waals surface area contributed by atoms with Gasteiger partial charge in [-0.15, -0.1) is 0 Å². The molecule has 19 heavy (non-hydrogen) atoms. The second kappa shape index (κ2) is 4.61. The Morgan fingerprint density at radius 3 is 2.42 bits per heavy atom. The van der Waals surface area contributed by atoms with E-state index in [9.17, 15) is 9.50 Å². The molecule has 0 aromatic carbocycles. The van der Waals surface area contributed by atoms with Gasteiger partial charge in [-0.1, -0.05) is 5.98 Å². The van der Waals surface area contributed by atoms with Crippen molar-refractivity contribution in [3.05, 3.63) is 29.7 Å². The van der Waals surface area contributed by atoms with Crippen LogP contribution >= 0.6 is 0 Å². The minimum atomic E-state index is -0.705. The van der Waals surface area contributed by atoms with E-state index >= 15 is 0 Å². The van der Waals surface area contributed by atoms with Gasteiger partial charge in [0.2, 0.25) is 0 Å². The van der Waals surface area contributed by atoms with Gasteiger partial charge in [-0.2, -0.15) is 0 Å². The molecule has 1 aliphatic rings. The molecule has 1 N–H and O–H groups in total. The molecule has 0 aliphatic carbocycles. The van der Waals surface area contributed by atoms with E-state index in [-0.39, 0.29) is 5.69 Å². The molecule has 1 aromatic rings. The van der Waals surface area contributed by atoms with Crippen LogP contribution in [-0.4, -0.2) is 28.4 Å². The number of aromatic hydroxyl groups is 1. The maximum absolute atomic E-state index is 13.1. The van der Waals surface area contributed by atoms with Gasteiger partial charge in [0.15, 0.2) is 11.6 Å². The van der Waals surface area contributed by atoms with Crippen LogP contribution in [0.3, 0.4) is 0 Å². The molecule has 102 valence electrons. The zero-order chi connectivity index (χ0) is 14.3. The Morgan fingerprint density at radius 1 is 1.26 bits per heavy atom. The van der Waals surface area contributed by atoms with E-state index in [2.05, 4.69) is 4.98 Å². The zero-order valence-electron chi connectivity index (χ0n) is 11.5. The zero-order valence-corrected chi connectivity index (χ0v) is 11.5. The van der Waals surface area contributed by atoms with Crippen molar-refractivity contribution in [1.29, 1.82) is 0 Å². The van der Waals surface area contributed by atoms with E-state index in [0.29, 0.717) is 0 Å². The monoisotopic (exact) mass is 265 g/mol. The summed E-state index contributed by atoms with van der Waals surface area (Å²) in [5, 5.41) is 9.51. The third-order valence-electron chi connectivity index (χ3n) is 3.59. The normalized spacial score (nSPS) is 21.2. The maximum atomic E-state index is 13.1. The molecular formula is C13H17BFNO3. The van der Waals surface area contributed by atoms with Crippen LogP contribution in [0, 0.1) is 5.82 Å². The lowest BCUT2D eigenvalue weighted by atomic mass is 9.89. The van der Waals surface area contributed by atoms with E-state index in [4.69, 9.17) is 9.31 Å². The van der Waals surface area contributed by atoms with Gasteiger partial charge < -0.3 is 14.4 Å². The molecule has 0 saturated carbocycles. The van der Waals surface area contributed by atoms with Gasteiger partial charge in [-0.05, 0) is 39.8 Å². The van der Waals surface area contributed by atoms with Crippen molar-refractivity contribution in [2.75, 3.05) is 0 Å². The fourth-order valence-corrected chi connectivity index (χ4v) is 1.70. The summed E-state index contributed by atoms with van der Waals surface area (Å²) in [5.74, 6) is 0.427. The highest BCUT2D eigenvalue weighted by Gasteiger charge is 2.50. The molecule has 0 bridgehead atoms. The Morgan fingerprint density at radius 2 is 1.84 bits per heavy atom. The summed E-state index contributed by atoms with van der Waals surface area (Å²) in [7, 11) is -0.547. The van der Waals surface area contributed by atoms with Crippen molar-refractivity contribution in [2.24, 2.45) is 0 Å². The third-order valence-corrected chi connectivity index (χ3v) is 3.59. The Kier molecular flexibility index (Phi) is 3.41. The van der Waals surface area contributed by atoms with E-state index in [1.165, 1.54) is 12.3 Å². The van der Waals surface area contributed by atoms with Gasteiger partial charge >= 0.3 is 7.12 Å². The summed E-state index contributed by atoms with van der Waals surface area (Å²) in [6, 6.07) is 1.10. The number of aromatic nitrogens is 1. The largest absolute Gasteiger partial charge is 0.503 e. The quantitative estimate of drug-likeness (QED) is 0.835. The minimum Gasteiger partial charge on any atom is -0.503 e. The van der Waals surface area contributed by atoms with Crippen molar-refractivity contribution < 1.29 is 18.8 Å². The first kappa shape index (κ1) is 14.0. The van der Waals surface area contributed by atoms with Crippen molar-refractivity contribution in [3.63, 3.8) is 0 Å². The molecule has 2 rings (SSSR count). The number of hydrogen-bond donors (Lipinski definition) is 1. The molecule has 0 spiro atoms. The average Bonchev–Trinajstić information content (AvgIpc) is 2.50. The van der Waals surface area contributed by atoms with E-state index < -0.39 is 29.9 Å². The predicted octanol–water partition coefficient (Wildman–Crippen LogP) is 2.57. The van der Waals surface area contributed by atoms with Gasteiger partial charge in [-0.25, -0.2) is 4.39 Å². The van der Waals surface area contributed by atoms with Crippen LogP contribution in [-0.2, 0) is 9.31 Å². The number of pyridine rings is 1. The van der Waals surface area contributed by atoms with E-state index in [1.54, 1.807) is 5.98 Å². The molecule has 0 atom stereocenters. The predicted molar refractivity (Wildman–Crippen MR) is 71.0 cm³/mol. The van der Waals surface area contributed by atoms with Gasteiger partial charge in [0.25, 0.3) is 0 Å². The van der Waals surface area contributed by atoms with E-state index in [0.717, 1.165) is 6.07 Å². The SMILES string of the molecule is CC1(C)OB(/C=C/c2nccc(F)c2O)OC1(C)C. The molecule has 1 aromatic heterocycles. The lowest BCUT2D eigenvalue weighted by molar-refractivity contribution is 0.00578. The molecule has 4 nitrogen and oxygen atoms in total. The first-order valence-corrected chi connectivity index (χ1v) is 6.10. The van der Waals surface area contributed by atoms with Crippen molar-refractivity contribution in [3.8, 4) is 5.75 Å². The summed E-state index contributed by atoms with van der Waals surface area (Å²) in [4.78, 5) is 3.88. The topological polar surface area (TPSA) is 51.6 Å². The van der Waals surface area contributed by atoms with Crippen molar-refractivity contribution in [1.82, 2.24) is 4.98 Å². The van der Waals surface area contributed by atoms with Crippen LogP contribution in [0.4, 0.5) is 4.39 Å². The number of hydrogen-bond acceptors (Lipinski definition) is 4. The summed E-state index contributed by atoms with van der Waals surface area (Å²) in [6.07, 6.45) is 2.78. The lowest BCUT2D eigenvalue weighted by Crippen LogP contribution is -2.41. The van der Waals surface area contributed by atoms with Crippen LogP contribution in [0.1, 0.15) is 33.4 Å². The van der Waals surface area contributed by atoms with Gasteiger partial charge in [0.1, 0.15) is 5.69 Å². The number of rotatable bonds is 2. The number of halogens is 1. The fourth-order valence-electron chi connectivity index (χ4n) is 1.70. The van der Waals surface area contributed by atoms with Crippen LogP contribution < -0.4 is 0 Å². The highest BCUT2D eigenvalue weighted by atomic mass is 19.1. The fraction of sp³-hybridized carbons (Fsp3) is 0.462. The van der Waals surface area contributed by atoms with Crippen LogP contribution in [0.2, 0.25) is 0 Å². The molecule has 0 unspecified atom stereocenters. The van der Waals surface area contributed by atoms with Gasteiger partial charge in [0.05, 0.1) is 11.2 Å². The molecule has 2 heterocycles. The van der Waals surface area contributed by atoms with Crippen molar-refractivity contribution >= 4 is 13.2 Å². The molecule has 0 amide bonds. The third kappa shape index (κ3) is 2.64. The summed E-state index contributed by atoms with van der Waals surface area (Å²) in [6.45, 7) is 7.77. The first-order chi connectivity index (χ1) is 8.73. The Hall–Kier alpha value is -1.40. The number of nitrogens with zero attached hydrogens (tertiary/aromatic N) is 1. The Labute approximate surface area is 112 Å². The maximum Gasteiger partial charge on any atom is 0.487 e. The second-order valence-corrected chi connectivity index (χ2v) is 5.51. The molecule has 0 radical (unpaired) electrons. The second-order valence-electron chi connectivity index (χ2n) is 5.51. The Bertz CT molecular complexity index is 501. The molecule has 1 fully saturated rings. The Balaban J connectivity index is 2.15. The smallest absolute Gasteiger partial charge is 0.487 e. The van der Waals surface area contributed by atoms with Crippen LogP contribution in [0.25, 0.3) is 6.08 Å². The molecule has 1 saturated heterocycles. The first-order valence-electron chi connectivity index (χ1n) is 6.10. The standard InChI is InChI=1S/C13H17BFNO3/c1-12(2)13(3,4)19-14(18-12)7-5-10-11(17)9(15)6-8-16-10/h5-8,17H,1-4H3/b7-5+. The summed E-state index contributed by atoms with van der Waals surface area (Å²) < 4.78 is 24.6. The van der Waals surface area contributed by atoms with E-state index in [1.807, 2.05) is 27.7 Å². The highest BCUT2D eigenvalue weighted by molar-refractivity contribution is 6.52. The molecule has 1 aliphatic heterocycles. The van der Waals surface area contributed by atoms with Gasteiger partial charge in [0, 0.05) is 6.20 Å². The summed E-state index contributed by atoms with van der Waals surface area (Å²) >= 11 is 0. The van der Waals surface area contributed by atoms with Crippen molar-refractivity contribution in [2.45, 2.75) is 38.9 Å². The molecule has 6 heteroatoms. The average molecular weight is 265 g/mol. The lowest BCUT2D eigenvalue weighted by Gasteiger charge is -2.32. The summed E-state index contributed by atoms with van der Waals surface area (Å²) in [5.41, 5.74) is -0.714. The molecular weight excluding hydrogens is 248 g/mol. The highest BCUT2D eigenvalue weighted by Crippen LogP contribution is 2.37.